The molecule has 1 fully saturated rings. The first-order valence-electron chi connectivity index (χ1n) is 13.0. The Balaban J connectivity index is 1.39. The first-order valence-corrected chi connectivity index (χ1v) is 14.6. The topological polar surface area (TPSA) is 81.5 Å². The van der Waals surface area contributed by atoms with Crippen LogP contribution in [0.25, 0.3) is 16.7 Å². The molecule has 5 rings (SSSR count). The summed E-state index contributed by atoms with van der Waals surface area (Å²) in [6.07, 6.45) is 7.41. The molecule has 8 nitrogen and oxygen atoms in total. The van der Waals surface area contributed by atoms with E-state index in [1.807, 2.05) is 72.2 Å². The number of halogens is 2. The van der Waals surface area contributed by atoms with Crippen LogP contribution < -0.4 is 9.62 Å². The van der Waals surface area contributed by atoms with Crippen molar-refractivity contribution in [2.24, 2.45) is 0 Å². The summed E-state index contributed by atoms with van der Waals surface area (Å²) < 4.78 is 14.9. The third kappa shape index (κ3) is 7.40. The smallest absolute Gasteiger partial charge is 0.327 e. The Labute approximate surface area is 248 Å². The maximum absolute atomic E-state index is 12.8. The van der Waals surface area contributed by atoms with E-state index < -0.39 is 5.60 Å². The lowest BCUT2D eigenvalue weighted by atomic mass is 10.1. The number of nitrogens with zero attached hydrogens (tertiary/aromatic N) is 4. The Hall–Kier alpha value is -2.98. The van der Waals surface area contributed by atoms with Crippen molar-refractivity contribution in [1.29, 1.82) is 0 Å². The Morgan fingerprint density at radius 2 is 1.85 bits per heavy atom. The molecular formula is C29H31Cl2N5O3S. The van der Waals surface area contributed by atoms with Crippen LogP contribution in [0.1, 0.15) is 33.6 Å². The zero-order chi connectivity index (χ0) is 28.3. The molecule has 40 heavy (non-hydrogen) atoms. The van der Waals surface area contributed by atoms with E-state index in [-0.39, 0.29) is 12.5 Å². The number of carbonyl (C=O) groups excluding carboxylic acids is 1. The second-order valence-electron chi connectivity index (χ2n) is 10.5. The summed E-state index contributed by atoms with van der Waals surface area (Å²) in [4.78, 5) is 22.9. The lowest BCUT2D eigenvalue weighted by Crippen LogP contribution is -2.31. The molecule has 2 aromatic heterocycles. The normalized spacial score (nSPS) is 14.3. The van der Waals surface area contributed by atoms with E-state index in [0.717, 1.165) is 53.4 Å². The average Bonchev–Trinajstić information content (AvgIpc) is 3.31. The molecule has 0 bridgehead atoms. The van der Waals surface area contributed by atoms with E-state index >= 15 is 0 Å². The SMILES string of the molecule is CC(C)(C)OC(=O)CN(Sc1cc(Cl)cc(Cl)c1)c1ccc2c(ccn2-c2cnc(NC3CCOCC3)cn2)c1. The van der Waals surface area contributed by atoms with Crippen molar-refractivity contribution in [1.82, 2.24) is 14.5 Å². The average molecular weight is 601 g/mol. The molecule has 11 heteroatoms. The van der Waals surface area contributed by atoms with Gasteiger partial charge in [-0.15, -0.1) is 0 Å². The molecule has 0 aliphatic carbocycles. The van der Waals surface area contributed by atoms with Crippen molar-refractivity contribution < 1.29 is 14.3 Å². The molecule has 2 aromatic carbocycles. The highest BCUT2D eigenvalue weighted by atomic mass is 35.5. The van der Waals surface area contributed by atoms with Gasteiger partial charge in [-0.25, -0.2) is 9.97 Å². The molecule has 1 saturated heterocycles. The summed E-state index contributed by atoms with van der Waals surface area (Å²) in [7, 11) is 0. The summed E-state index contributed by atoms with van der Waals surface area (Å²) in [5, 5.41) is 5.48. The minimum atomic E-state index is -0.592. The number of anilines is 2. The quantitative estimate of drug-likeness (QED) is 0.168. The number of rotatable bonds is 8. The molecule has 0 atom stereocenters. The van der Waals surface area contributed by atoms with E-state index in [1.165, 1.54) is 11.9 Å². The highest BCUT2D eigenvalue weighted by molar-refractivity contribution is 8.00. The number of hydrogen-bond donors (Lipinski definition) is 1. The number of ether oxygens (including phenoxy) is 2. The van der Waals surface area contributed by atoms with E-state index in [1.54, 1.807) is 18.5 Å². The van der Waals surface area contributed by atoms with Crippen molar-refractivity contribution >= 4 is 63.5 Å². The molecule has 0 spiro atoms. The zero-order valence-electron chi connectivity index (χ0n) is 22.6. The third-order valence-corrected chi connectivity index (χ3v) is 7.61. The summed E-state index contributed by atoms with van der Waals surface area (Å²) in [5.74, 6) is 1.13. The van der Waals surface area contributed by atoms with Crippen molar-refractivity contribution in [3.63, 3.8) is 0 Å². The highest BCUT2D eigenvalue weighted by Gasteiger charge is 2.21. The van der Waals surface area contributed by atoms with Gasteiger partial charge in [0.05, 0.1) is 17.9 Å². The first-order chi connectivity index (χ1) is 19.1. The lowest BCUT2D eigenvalue weighted by Gasteiger charge is -2.26. The standard InChI is InChI=1S/C29H31Cl2N5O3S/c1-29(2,3)39-28(37)18-36(40-24-14-20(30)13-21(31)15-24)23-4-5-25-19(12-23)6-9-35(25)27-17-32-26(16-33-27)34-22-7-10-38-11-8-22/h4-6,9,12-17,22H,7-8,10-11,18H2,1-3H3,(H,32,34). The Bertz CT molecular complexity index is 1460. The van der Waals surface area contributed by atoms with Crippen LogP contribution in [0.4, 0.5) is 11.5 Å². The molecule has 1 N–H and O–H groups in total. The number of nitrogens with one attached hydrogen (secondary N) is 1. The van der Waals surface area contributed by atoms with Gasteiger partial charge < -0.3 is 19.1 Å². The predicted molar refractivity (Wildman–Crippen MR) is 162 cm³/mol. The largest absolute Gasteiger partial charge is 0.459 e. The summed E-state index contributed by atoms with van der Waals surface area (Å²) >= 11 is 13.9. The molecule has 0 saturated carbocycles. The van der Waals surface area contributed by atoms with Crippen LogP contribution in [-0.4, -0.2) is 51.9 Å². The van der Waals surface area contributed by atoms with Crippen LogP contribution in [0.15, 0.2) is 66.0 Å². The fourth-order valence-corrected chi connectivity index (χ4v) is 6.09. The predicted octanol–water partition coefficient (Wildman–Crippen LogP) is 7.17. The number of aromatic nitrogens is 3. The molecular weight excluding hydrogens is 569 g/mol. The fourth-order valence-electron chi connectivity index (χ4n) is 4.43. The van der Waals surface area contributed by atoms with Gasteiger partial charge in [0.25, 0.3) is 0 Å². The minimum absolute atomic E-state index is 0.0331. The Morgan fingerprint density at radius 1 is 1.10 bits per heavy atom. The molecule has 4 aromatic rings. The van der Waals surface area contributed by atoms with Gasteiger partial charge in [-0.2, -0.15) is 0 Å². The van der Waals surface area contributed by atoms with Crippen LogP contribution in [-0.2, 0) is 14.3 Å². The number of carbonyl (C=O) groups is 1. The second-order valence-corrected chi connectivity index (χ2v) is 12.5. The van der Waals surface area contributed by atoms with Gasteiger partial charge in [0, 0.05) is 51.5 Å². The molecule has 3 heterocycles. The molecule has 1 aliphatic rings. The summed E-state index contributed by atoms with van der Waals surface area (Å²) in [5.41, 5.74) is 1.21. The van der Waals surface area contributed by atoms with Crippen molar-refractivity contribution in [3.05, 3.63) is 71.1 Å². The van der Waals surface area contributed by atoms with Crippen LogP contribution in [0.2, 0.25) is 10.0 Å². The summed E-state index contributed by atoms with van der Waals surface area (Å²) in [6.45, 7) is 7.12. The van der Waals surface area contributed by atoms with E-state index in [9.17, 15) is 4.79 Å². The van der Waals surface area contributed by atoms with Crippen LogP contribution in [0, 0.1) is 0 Å². The van der Waals surface area contributed by atoms with Gasteiger partial charge in [-0.3, -0.25) is 9.36 Å². The number of fused-ring (bicyclic) bond motifs is 1. The summed E-state index contributed by atoms with van der Waals surface area (Å²) in [6, 6.07) is 13.7. The van der Waals surface area contributed by atoms with Crippen LogP contribution >= 0.6 is 35.1 Å². The maximum atomic E-state index is 12.8. The molecule has 0 amide bonds. The monoisotopic (exact) mass is 599 g/mol. The molecule has 0 radical (unpaired) electrons. The number of hydrogen-bond acceptors (Lipinski definition) is 8. The van der Waals surface area contributed by atoms with Crippen molar-refractivity contribution in [3.8, 4) is 5.82 Å². The van der Waals surface area contributed by atoms with E-state index in [4.69, 9.17) is 32.7 Å². The van der Waals surface area contributed by atoms with Gasteiger partial charge in [0.2, 0.25) is 0 Å². The number of esters is 1. The first kappa shape index (κ1) is 28.5. The van der Waals surface area contributed by atoms with Crippen molar-refractivity contribution in [2.45, 2.75) is 50.2 Å². The minimum Gasteiger partial charge on any atom is -0.459 e. The van der Waals surface area contributed by atoms with Gasteiger partial charge in [-0.1, -0.05) is 23.2 Å². The fraction of sp³-hybridized carbons (Fsp3) is 0.345. The zero-order valence-corrected chi connectivity index (χ0v) is 24.9. The third-order valence-electron chi connectivity index (χ3n) is 6.16. The van der Waals surface area contributed by atoms with E-state index in [0.29, 0.717) is 21.9 Å². The maximum Gasteiger partial charge on any atom is 0.327 e. The Morgan fingerprint density at radius 3 is 2.52 bits per heavy atom. The van der Waals surface area contributed by atoms with Gasteiger partial charge >= 0.3 is 5.97 Å². The Kier molecular flexibility index (Phi) is 8.75. The van der Waals surface area contributed by atoms with Crippen LogP contribution in [0.5, 0.6) is 0 Å². The highest BCUT2D eigenvalue weighted by Crippen LogP contribution is 2.34. The second kappa shape index (κ2) is 12.3. The molecule has 1 aliphatic heterocycles. The van der Waals surface area contributed by atoms with Gasteiger partial charge in [0.1, 0.15) is 18.0 Å². The van der Waals surface area contributed by atoms with Crippen LogP contribution in [0.3, 0.4) is 0 Å². The van der Waals surface area contributed by atoms with Gasteiger partial charge in [0.15, 0.2) is 5.82 Å². The van der Waals surface area contributed by atoms with Gasteiger partial charge in [-0.05, 0) is 88.0 Å². The lowest BCUT2D eigenvalue weighted by molar-refractivity contribution is -0.152. The number of benzene rings is 2. The molecule has 210 valence electrons. The van der Waals surface area contributed by atoms with Crippen molar-refractivity contribution in [2.75, 3.05) is 29.4 Å². The van der Waals surface area contributed by atoms with E-state index in [2.05, 4.69) is 15.3 Å². The molecule has 0 unspecified atom stereocenters.